The molecule has 1 atom stereocenters. The van der Waals surface area contributed by atoms with E-state index < -0.39 is 6.36 Å². The van der Waals surface area contributed by atoms with Gasteiger partial charge in [-0.25, -0.2) is 0 Å². The van der Waals surface area contributed by atoms with Crippen molar-refractivity contribution in [2.24, 2.45) is 11.8 Å². The summed E-state index contributed by atoms with van der Waals surface area (Å²) in [7, 11) is 0. The van der Waals surface area contributed by atoms with E-state index in [-0.39, 0.29) is 15.9 Å². The molecule has 3 aromatic rings. The number of thiocarbonyl (C=S) groups is 2. The summed E-state index contributed by atoms with van der Waals surface area (Å²) in [6, 6.07) is 23.7. The molecule has 3 nitrogen and oxygen atoms in total. The number of phenols is 1. The minimum atomic E-state index is -1.59. The highest BCUT2D eigenvalue weighted by Gasteiger charge is 2.13. The van der Waals surface area contributed by atoms with Crippen LogP contribution in [0.3, 0.4) is 0 Å². The van der Waals surface area contributed by atoms with E-state index in [0.717, 1.165) is 11.8 Å². The topological polar surface area (TPSA) is 49.7 Å². The Balaban J connectivity index is 0.000000563. The largest absolute Gasteiger partial charge is 0.508 e. The molecule has 0 bridgehead atoms. The second-order valence-corrected chi connectivity index (χ2v) is 9.57. The Morgan fingerprint density at radius 1 is 0.686 bits per heavy atom. The van der Waals surface area contributed by atoms with Crippen molar-refractivity contribution < 1.29 is 19.3 Å². The van der Waals surface area contributed by atoms with Gasteiger partial charge in [0.05, 0.1) is 0 Å². The SMILES string of the molecule is CC(C)C.CC(C)C.OC(=S)c1ccccc1.Oc1ccc(C(=S)OC(F)c2ccccc2)cc1. The third-order valence-electron chi connectivity index (χ3n) is 3.40. The van der Waals surface area contributed by atoms with Crippen LogP contribution >= 0.6 is 24.4 Å². The van der Waals surface area contributed by atoms with Crippen molar-refractivity contribution in [3.05, 3.63) is 102 Å². The van der Waals surface area contributed by atoms with Crippen LogP contribution in [0.2, 0.25) is 0 Å². The molecule has 0 amide bonds. The number of ether oxygens (including phenoxy) is 1. The van der Waals surface area contributed by atoms with Crippen molar-refractivity contribution >= 4 is 34.5 Å². The summed E-state index contributed by atoms with van der Waals surface area (Å²) in [5, 5.41) is 17.9. The van der Waals surface area contributed by atoms with Gasteiger partial charge in [-0.05, 0) is 60.5 Å². The van der Waals surface area contributed by atoms with Gasteiger partial charge in [0.2, 0.25) is 0 Å². The first-order valence-electron chi connectivity index (χ1n) is 11.4. The molecule has 6 heteroatoms. The number of phenolic OH excluding ortho intramolecular Hbond substituents is 1. The number of aromatic hydroxyl groups is 1. The van der Waals surface area contributed by atoms with Gasteiger partial charge in [-0.15, -0.1) is 0 Å². The number of alkyl halides is 1. The summed E-state index contributed by atoms with van der Waals surface area (Å²) in [4.78, 5) is 0. The second kappa shape index (κ2) is 18.5. The van der Waals surface area contributed by atoms with E-state index in [9.17, 15) is 4.39 Å². The lowest BCUT2D eigenvalue weighted by atomic mass is 10.2. The number of hydrogen-bond donors (Lipinski definition) is 2. The first kappa shape index (κ1) is 32.2. The predicted molar refractivity (Wildman–Crippen MR) is 153 cm³/mol. The number of aliphatic hydroxyl groups is 1. The van der Waals surface area contributed by atoms with E-state index in [4.69, 9.17) is 27.2 Å². The van der Waals surface area contributed by atoms with E-state index in [2.05, 4.69) is 53.8 Å². The van der Waals surface area contributed by atoms with E-state index in [0.29, 0.717) is 16.7 Å². The highest BCUT2D eigenvalue weighted by molar-refractivity contribution is 7.80. The fourth-order valence-corrected chi connectivity index (χ4v) is 2.37. The number of hydrogen-bond acceptors (Lipinski definition) is 4. The fourth-order valence-electron chi connectivity index (χ4n) is 2.01. The number of halogens is 1. The summed E-state index contributed by atoms with van der Waals surface area (Å²) >= 11 is 9.51. The number of benzene rings is 3. The number of aliphatic hydroxyl groups excluding tert-OH is 1. The van der Waals surface area contributed by atoms with Crippen molar-refractivity contribution in [3.8, 4) is 5.75 Å². The maximum atomic E-state index is 13.8. The molecule has 0 heterocycles. The Bertz CT molecular complexity index is 949. The fraction of sp³-hybridized carbons (Fsp3) is 0.310. The first-order chi connectivity index (χ1) is 16.4. The van der Waals surface area contributed by atoms with Crippen LogP contribution in [0.1, 0.15) is 64.6 Å². The van der Waals surface area contributed by atoms with Crippen molar-refractivity contribution in [1.29, 1.82) is 0 Å². The third-order valence-corrected chi connectivity index (χ3v) is 3.96. The zero-order valence-corrected chi connectivity index (χ0v) is 22.9. The zero-order chi connectivity index (χ0) is 26.8. The molecule has 0 radical (unpaired) electrons. The minimum Gasteiger partial charge on any atom is -0.508 e. The second-order valence-electron chi connectivity index (χ2n) is 8.81. The van der Waals surface area contributed by atoms with Crippen molar-refractivity contribution in [1.82, 2.24) is 0 Å². The van der Waals surface area contributed by atoms with E-state index >= 15 is 0 Å². The summed E-state index contributed by atoms with van der Waals surface area (Å²) in [5.74, 6) is 1.79. The summed E-state index contributed by atoms with van der Waals surface area (Å²) in [6.07, 6.45) is -1.59. The maximum Gasteiger partial charge on any atom is 0.265 e. The van der Waals surface area contributed by atoms with Crippen LogP contribution in [0, 0.1) is 11.8 Å². The Labute approximate surface area is 220 Å². The molecule has 0 aromatic heterocycles. The summed E-state index contributed by atoms with van der Waals surface area (Å²) in [5.41, 5.74) is 1.67. The van der Waals surface area contributed by atoms with Gasteiger partial charge >= 0.3 is 0 Å². The van der Waals surface area contributed by atoms with Gasteiger partial charge in [-0.2, -0.15) is 4.39 Å². The highest BCUT2D eigenvalue weighted by atomic mass is 32.1. The first-order valence-corrected chi connectivity index (χ1v) is 12.2. The quantitative estimate of drug-likeness (QED) is 0.339. The summed E-state index contributed by atoms with van der Waals surface area (Å²) < 4.78 is 18.8. The van der Waals surface area contributed by atoms with Gasteiger partial charge in [0.15, 0.2) is 10.1 Å². The molecule has 190 valence electrons. The summed E-state index contributed by atoms with van der Waals surface area (Å²) in [6.45, 7) is 13.0. The lowest BCUT2D eigenvalue weighted by Gasteiger charge is -2.12. The van der Waals surface area contributed by atoms with Gasteiger partial charge in [0.1, 0.15) is 5.75 Å². The van der Waals surface area contributed by atoms with Crippen LogP contribution in [0.25, 0.3) is 0 Å². The van der Waals surface area contributed by atoms with Gasteiger partial charge in [0.25, 0.3) is 6.36 Å². The average molecular weight is 517 g/mol. The van der Waals surface area contributed by atoms with E-state index in [1.807, 2.05) is 18.2 Å². The molecule has 0 spiro atoms. The molecule has 3 rings (SSSR count). The predicted octanol–water partition coefficient (Wildman–Crippen LogP) is 9.00. The lowest BCUT2D eigenvalue weighted by molar-refractivity contribution is 0.0593. The molecule has 0 aliphatic carbocycles. The Morgan fingerprint density at radius 3 is 1.46 bits per heavy atom. The Hall–Kier alpha value is -2.83. The van der Waals surface area contributed by atoms with Crippen LogP contribution in [0.5, 0.6) is 5.75 Å². The van der Waals surface area contributed by atoms with Crippen LogP contribution in [0.15, 0.2) is 84.9 Å². The molecule has 0 aliphatic heterocycles. The van der Waals surface area contributed by atoms with Crippen LogP contribution < -0.4 is 0 Å². The van der Waals surface area contributed by atoms with Gasteiger partial charge in [-0.3, -0.25) is 0 Å². The van der Waals surface area contributed by atoms with Gasteiger partial charge in [-0.1, -0.05) is 102 Å². The van der Waals surface area contributed by atoms with Crippen LogP contribution in [0.4, 0.5) is 4.39 Å². The molecular weight excluding hydrogens is 479 g/mol. The monoisotopic (exact) mass is 516 g/mol. The normalized spacial score (nSPS) is 10.4. The van der Waals surface area contributed by atoms with Gasteiger partial charge < -0.3 is 14.9 Å². The molecule has 3 aromatic carbocycles. The standard InChI is InChI=1S/C14H11FO2S.C7H6OS.2C4H10/c15-13(10-4-2-1-3-5-10)17-14(18)11-6-8-12(16)9-7-11;8-7(9)6-4-2-1-3-5-6;2*1-4(2)3/h1-9,13,16H;1-5H,(H,8,9);2*4H,1-3H3. The lowest BCUT2D eigenvalue weighted by Crippen LogP contribution is -2.06. The maximum absolute atomic E-state index is 13.8. The minimum absolute atomic E-state index is 0.0457. The Kier molecular flexibility index (Phi) is 17.0. The smallest absolute Gasteiger partial charge is 0.265 e. The van der Waals surface area contributed by atoms with Crippen molar-refractivity contribution in [2.45, 2.75) is 47.9 Å². The van der Waals surface area contributed by atoms with Crippen LogP contribution in [-0.2, 0) is 4.74 Å². The van der Waals surface area contributed by atoms with Crippen LogP contribution in [-0.4, -0.2) is 20.3 Å². The molecule has 1 unspecified atom stereocenters. The molecule has 0 saturated carbocycles. The molecule has 0 saturated heterocycles. The highest BCUT2D eigenvalue weighted by Crippen LogP contribution is 2.21. The van der Waals surface area contributed by atoms with E-state index in [1.54, 1.807) is 54.6 Å². The average Bonchev–Trinajstić information content (AvgIpc) is 2.80. The Morgan fingerprint density at radius 2 is 1.09 bits per heavy atom. The molecule has 0 aliphatic rings. The zero-order valence-electron chi connectivity index (χ0n) is 21.3. The molecule has 0 fully saturated rings. The third kappa shape index (κ3) is 17.3. The molecule has 2 N–H and O–H groups in total. The van der Waals surface area contributed by atoms with E-state index in [1.165, 1.54) is 12.1 Å². The van der Waals surface area contributed by atoms with Gasteiger partial charge in [0, 0.05) is 16.7 Å². The molecular formula is C29H37FO3S2. The van der Waals surface area contributed by atoms with Crippen molar-refractivity contribution in [3.63, 3.8) is 0 Å². The number of rotatable bonds is 4. The molecule has 35 heavy (non-hydrogen) atoms. The van der Waals surface area contributed by atoms with Crippen molar-refractivity contribution in [2.75, 3.05) is 0 Å².